The highest BCUT2D eigenvalue weighted by Gasteiger charge is 2.40. The molecular weight excluding hydrogens is 720 g/mol. The minimum atomic E-state index is -1.50. The molecule has 54 heavy (non-hydrogen) atoms. The molecule has 2 aromatic carbocycles. The first-order valence-electron chi connectivity index (χ1n) is 20.5. The number of benzene rings is 2. The second-order valence-corrected chi connectivity index (χ2v) is 18.2. The SMILES string of the molecule is CCCO.CCCc1cc(Cl)ccc1C1COc2ccc3cc2N(C1)CC1CCC1C(CN1CCN(C2COC2)CC1)/C=C/CC(C)C(C)S(=O)NC3=O. The number of hydrogen-bond donors (Lipinski definition) is 2. The first-order chi connectivity index (χ1) is 26.2. The third kappa shape index (κ3) is 10.1. The van der Waals surface area contributed by atoms with Crippen molar-refractivity contribution in [3.05, 3.63) is 70.3 Å². The Morgan fingerprint density at radius 1 is 0.981 bits per heavy atom. The zero-order chi connectivity index (χ0) is 38.2. The fraction of sp³-hybridized carbons (Fsp3) is 0.651. The normalized spacial score (nSPS) is 30.3. The number of carbonyl (C=O) groups is 1. The summed E-state index contributed by atoms with van der Waals surface area (Å²) >= 11 is 6.49. The van der Waals surface area contributed by atoms with Crippen LogP contribution in [0.15, 0.2) is 48.6 Å². The summed E-state index contributed by atoms with van der Waals surface area (Å²) in [5, 5.41) is 8.47. The number of allylic oxidation sites excluding steroid dienone is 1. The van der Waals surface area contributed by atoms with Crippen molar-refractivity contribution in [2.75, 3.05) is 77.1 Å². The molecule has 7 unspecified atom stereocenters. The molecule has 2 bridgehead atoms. The van der Waals surface area contributed by atoms with E-state index >= 15 is 0 Å². The zero-order valence-electron chi connectivity index (χ0n) is 32.9. The number of amides is 1. The van der Waals surface area contributed by atoms with Crippen molar-refractivity contribution in [1.82, 2.24) is 14.5 Å². The summed E-state index contributed by atoms with van der Waals surface area (Å²) in [5.41, 5.74) is 4.06. The van der Waals surface area contributed by atoms with Gasteiger partial charge in [-0.3, -0.25) is 14.4 Å². The van der Waals surface area contributed by atoms with Crippen molar-refractivity contribution in [2.45, 2.75) is 83.4 Å². The predicted molar refractivity (Wildman–Crippen MR) is 220 cm³/mol. The van der Waals surface area contributed by atoms with Crippen LogP contribution in [-0.4, -0.2) is 109 Å². The zero-order valence-corrected chi connectivity index (χ0v) is 34.5. The van der Waals surface area contributed by atoms with Crippen LogP contribution in [0.2, 0.25) is 5.02 Å². The van der Waals surface area contributed by atoms with Gasteiger partial charge in [0.1, 0.15) is 16.7 Å². The maximum Gasteiger partial charge on any atom is 0.263 e. The molecule has 7 atom stereocenters. The quantitative estimate of drug-likeness (QED) is 0.300. The predicted octanol–water partition coefficient (Wildman–Crippen LogP) is 6.70. The number of nitrogens with zero attached hydrogens (tertiary/aromatic N) is 3. The molecule has 0 radical (unpaired) electrons. The largest absolute Gasteiger partial charge is 0.491 e. The number of anilines is 1. The molecule has 1 aliphatic carbocycles. The van der Waals surface area contributed by atoms with Crippen molar-refractivity contribution in [2.24, 2.45) is 23.7 Å². The Balaban J connectivity index is 0.00000119. The Morgan fingerprint density at radius 2 is 1.76 bits per heavy atom. The molecule has 1 saturated carbocycles. The van der Waals surface area contributed by atoms with Gasteiger partial charge in [-0.15, -0.1) is 0 Å². The number of aryl methyl sites for hydroxylation is 1. The van der Waals surface area contributed by atoms with Gasteiger partial charge < -0.3 is 24.4 Å². The van der Waals surface area contributed by atoms with Crippen LogP contribution >= 0.6 is 11.6 Å². The van der Waals surface area contributed by atoms with Crippen LogP contribution in [0.1, 0.15) is 87.2 Å². The average molecular weight is 784 g/mol. The summed E-state index contributed by atoms with van der Waals surface area (Å²) in [5.74, 6) is 2.42. The van der Waals surface area contributed by atoms with Crippen LogP contribution in [0.4, 0.5) is 5.69 Å². The van der Waals surface area contributed by atoms with E-state index in [0.717, 1.165) is 101 Å². The summed E-state index contributed by atoms with van der Waals surface area (Å²) in [7, 11) is -1.50. The lowest BCUT2D eigenvalue weighted by molar-refractivity contribution is -0.0782. The van der Waals surface area contributed by atoms with Gasteiger partial charge in [0.15, 0.2) is 0 Å². The van der Waals surface area contributed by atoms with Crippen molar-refractivity contribution in [1.29, 1.82) is 0 Å². The maximum absolute atomic E-state index is 13.5. The maximum atomic E-state index is 13.5. The lowest BCUT2D eigenvalue weighted by atomic mass is 9.66. The number of rotatable bonds is 7. The Kier molecular flexibility index (Phi) is 14.9. The van der Waals surface area contributed by atoms with E-state index in [1.807, 2.05) is 38.1 Å². The van der Waals surface area contributed by atoms with Crippen LogP contribution < -0.4 is 14.4 Å². The number of ether oxygens (including phenoxy) is 2. The summed E-state index contributed by atoms with van der Waals surface area (Å²) in [4.78, 5) is 21.3. The first-order valence-corrected chi connectivity index (χ1v) is 22.1. The molecule has 2 N–H and O–H groups in total. The fourth-order valence-electron chi connectivity index (χ4n) is 8.62. The van der Waals surface area contributed by atoms with Gasteiger partial charge in [-0.1, -0.05) is 57.0 Å². The van der Waals surface area contributed by atoms with E-state index < -0.39 is 11.0 Å². The van der Waals surface area contributed by atoms with Crippen LogP contribution in [0.3, 0.4) is 0 Å². The molecule has 3 fully saturated rings. The Labute approximate surface area is 331 Å². The summed E-state index contributed by atoms with van der Waals surface area (Å²) < 4.78 is 28.3. The first kappa shape index (κ1) is 41.2. The highest BCUT2D eigenvalue weighted by molar-refractivity contribution is 7.84. The molecule has 11 heteroatoms. The molecule has 7 rings (SSSR count). The molecule has 2 saturated heterocycles. The highest BCUT2D eigenvalue weighted by Crippen LogP contribution is 2.45. The molecular formula is C43H63ClN4O5S. The molecule has 298 valence electrons. The number of aliphatic hydroxyl groups is 1. The molecule has 0 spiro atoms. The molecule has 9 nitrogen and oxygen atoms in total. The molecule has 5 aliphatic rings. The van der Waals surface area contributed by atoms with E-state index in [-0.39, 0.29) is 23.0 Å². The average Bonchev–Trinajstić information content (AvgIpc) is 3.32. The van der Waals surface area contributed by atoms with E-state index in [1.54, 1.807) is 0 Å². The van der Waals surface area contributed by atoms with E-state index in [2.05, 4.69) is 57.6 Å². The summed E-state index contributed by atoms with van der Waals surface area (Å²) in [6, 6.07) is 12.6. The Morgan fingerprint density at radius 3 is 2.43 bits per heavy atom. The van der Waals surface area contributed by atoms with Crippen molar-refractivity contribution in [3.8, 4) is 5.75 Å². The minimum absolute atomic E-state index is 0.158. The number of halogens is 1. The number of carbonyl (C=O) groups excluding carboxylic acids is 1. The molecule has 0 aromatic heterocycles. The lowest BCUT2D eigenvalue weighted by Gasteiger charge is -2.47. The monoisotopic (exact) mass is 782 g/mol. The van der Waals surface area contributed by atoms with Gasteiger partial charge in [0.2, 0.25) is 0 Å². The number of hydrogen-bond acceptors (Lipinski definition) is 8. The fourth-order valence-corrected chi connectivity index (χ4v) is 9.83. The van der Waals surface area contributed by atoms with Gasteiger partial charge in [-0.2, -0.15) is 0 Å². The molecule has 4 heterocycles. The van der Waals surface area contributed by atoms with Gasteiger partial charge in [-0.05, 0) is 104 Å². The van der Waals surface area contributed by atoms with E-state index in [4.69, 9.17) is 26.2 Å². The second kappa shape index (κ2) is 19.6. The van der Waals surface area contributed by atoms with E-state index in [0.29, 0.717) is 42.6 Å². The third-order valence-corrected chi connectivity index (χ3v) is 14.2. The molecule has 4 aliphatic heterocycles. The lowest BCUT2D eigenvalue weighted by Crippen LogP contribution is -2.57. The third-order valence-electron chi connectivity index (χ3n) is 12.4. The van der Waals surface area contributed by atoms with Gasteiger partial charge in [0, 0.05) is 68.9 Å². The number of aliphatic hydroxyl groups excluding tert-OH is 1. The van der Waals surface area contributed by atoms with Crippen LogP contribution in [0.25, 0.3) is 0 Å². The highest BCUT2D eigenvalue weighted by atomic mass is 35.5. The molecule has 1 amide bonds. The van der Waals surface area contributed by atoms with Crippen LogP contribution in [0.5, 0.6) is 5.75 Å². The van der Waals surface area contributed by atoms with Crippen LogP contribution in [-0.2, 0) is 22.1 Å². The van der Waals surface area contributed by atoms with E-state index in [1.165, 1.54) is 24.0 Å². The van der Waals surface area contributed by atoms with Gasteiger partial charge in [0.05, 0.1) is 36.8 Å². The van der Waals surface area contributed by atoms with Crippen LogP contribution in [0, 0.1) is 23.7 Å². The standard InChI is InChI=1S/C40H55ClN4O4S.C3H8O/c1-4-6-29-19-34(41)11-13-36(29)33-23-45-22-32-9-12-37(32)31(21-43-15-17-44(18-16-43)35-25-48-26-35)8-5-7-27(2)28(3)50(47)42-40(46)30-10-14-39(49-24-33)38(45)20-30;1-2-3-4/h5,8,10-11,13-14,19-20,27-28,31-33,35,37H,4,6-7,9,12,15-18,21-26H2,1-3H3,(H,42,46);4H,2-3H2,1H3/b8-5+;. The Bertz CT molecular complexity index is 1600. The van der Waals surface area contributed by atoms with Gasteiger partial charge >= 0.3 is 0 Å². The van der Waals surface area contributed by atoms with Gasteiger partial charge in [-0.25, -0.2) is 4.21 Å². The van der Waals surface area contributed by atoms with Crippen molar-refractivity contribution in [3.63, 3.8) is 0 Å². The smallest absolute Gasteiger partial charge is 0.263 e. The van der Waals surface area contributed by atoms with Crippen molar-refractivity contribution < 1.29 is 23.6 Å². The van der Waals surface area contributed by atoms with E-state index in [9.17, 15) is 9.00 Å². The Hall–Kier alpha value is -2.47. The second-order valence-electron chi connectivity index (χ2n) is 16.2. The van der Waals surface area contributed by atoms with Crippen molar-refractivity contribution >= 4 is 34.2 Å². The van der Waals surface area contributed by atoms with Gasteiger partial charge in [0.25, 0.3) is 5.91 Å². The minimum Gasteiger partial charge on any atom is -0.491 e. The number of nitrogens with one attached hydrogen (secondary N) is 1. The summed E-state index contributed by atoms with van der Waals surface area (Å²) in [6.45, 7) is 18.1. The number of piperazine rings is 1. The summed E-state index contributed by atoms with van der Waals surface area (Å²) in [6.07, 6.45) is 11.0. The molecule has 2 aromatic rings. The number of fused-ring (bicyclic) bond motifs is 2. The topological polar surface area (TPSA) is 94.6 Å².